The summed E-state index contributed by atoms with van der Waals surface area (Å²) in [4.78, 5) is 13.2. The molecule has 0 saturated heterocycles. The first-order valence-corrected chi connectivity index (χ1v) is 7.47. The number of carbonyl (C=O) groups is 1. The third-order valence-corrected chi connectivity index (χ3v) is 3.89. The molecule has 2 atom stereocenters. The van der Waals surface area contributed by atoms with Gasteiger partial charge >= 0.3 is 0 Å². The van der Waals surface area contributed by atoms with E-state index in [2.05, 4.69) is 11.4 Å². The van der Waals surface area contributed by atoms with Crippen molar-refractivity contribution in [2.45, 2.75) is 32.9 Å². The van der Waals surface area contributed by atoms with Crippen LogP contribution in [0, 0.1) is 17.2 Å². The van der Waals surface area contributed by atoms with Crippen molar-refractivity contribution in [2.24, 2.45) is 5.92 Å². The van der Waals surface area contributed by atoms with Crippen molar-refractivity contribution in [3.63, 3.8) is 0 Å². The van der Waals surface area contributed by atoms with Crippen LogP contribution in [0.25, 0.3) is 0 Å². The first-order valence-electron chi connectivity index (χ1n) is 7.47. The number of hydrogen-bond donors (Lipinski definition) is 2. The summed E-state index contributed by atoms with van der Waals surface area (Å²) in [6, 6.07) is 10.0. The maximum Gasteiger partial charge on any atom is 0.276 e. The van der Waals surface area contributed by atoms with Crippen molar-refractivity contribution in [3.8, 4) is 11.8 Å². The predicted molar refractivity (Wildman–Crippen MR) is 85.5 cm³/mol. The summed E-state index contributed by atoms with van der Waals surface area (Å²) in [6.45, 7) is 6.65. The van der Waals surface area contributed by atoms with Crippen LogP contribution in [0.4, 0.5) is 0 Å². The molecule has 1 rings (SSSR count). The van der Waals surface area contributed by atoms with Crippen LogP contribution < -0.4 is 15.0 Å². The van der Waals surface area contributed by atoms with Crippen molar-refractivity contribution >= 4 is 5.91 Å². The van der Waals surface area contributed by atoms with Gasteiger partial charge in [-0.2, -0.15) is 5.26 Å². The number of nitrogens with one attached hydrogen (secondary N) is 2. The van der Waals surface area contributed by atoms with E-state index in [4.69, 9.17) is 4.74 Å². The van der Waals surface area contributed by atoms with Gasteiger partial charge in [-0.25, -0.2) is 0 Å². The SMILES string of the molecule is COc1cccc(C[NH+](C)CC(=O)N[C@@](C)(C#N)C(C)C)c1. The zero-order valence-corrected chi connectivity index (χ0v) is 14.1. The zero-order chi connectivity index (χ0) is 16.8. The lowest BCUT2D eigenvalue weighted by molar-refractivity contribution is -0.885. The van der Waals surface area contributed by atoms with Gasteiger partial charge in [-0.05, 0) is 25.0 Å². The standard InChI is InChI=1S/C17H25N3O2/c1-13(2)17(3,12-18)19-16(21)11-20(4)10-14-7-6-8-15(9-14)22-5/h6-9,13H,10-11H2,1-5H3,(H,19,21)/p+1/t17-/m0/s1. The van der Waals surface area contributed by atoms with Gasteiger partial charge < -0.3 is 15.0 Å². The summed E-state index contributed by atoms with van der Waals surface area (Å²) in [7, 11) is 3.59. The number of methoxy groups -OCH3 is 1. The normalized spacial score (nSPS) is 14.8. The number of carbonyl (C=O) groups excluding carboxylic acids is 1. The van der Waals surface area contributed by atoms with Gasteiger partial charge in [0.2, 0.25) is 0 Å². The van der Waals surface area contributed by atoms with Gasteiger partial charge in [0, 0.05) is 5.56 Å². The first kappa shape index (κ1) is 18.0. The van der Waals surface area contributed by atoms with Crippen molar-refractivity contribution < 1.29 is 14.4 Å². The molecule has 0 fully saturated rings. The molecule has 0 bridgehead atoms. The van der Waals surface area contributed by atoms with Gasteiger partial charge in [-0.15, -0.1) is 0 Å². The molecule has 0 saturated carbocycles. The lowest BCUT2D eigenvalue weighted by Gasteiger charge is -2.27. The number of amides is 1. The van der Waals surface area contributed by atoms with Crippen LogP contribution in [0.2, 0.25) is 0 Å². The van der Waals surface area contributed by atoms with Crippen molar-refractivity contribution in [2.75, 3.05) is 20.7 Å². The number of rotatable bonds is 7. The van der Waals surface area contributed by atoms with E-state index in [1.807, 2.05) is 45.2 Å². The molecular formula is C17H26N3O2+. The largest absolute Gasteiger partial charge is 0.497 e. The average Bonchev–Trinajstić information content (AvgIpc) is 2.46. The molecule has 120 valence electrons. The summed E-state index contributed by atoms with van der Waals surface area (Å²) in [5, 5.41) is 12.1. The maximum atomic E-state index is 12.1. The Balaban J connectivity index is 2.59. The fourth-order valence-electron chi connectivity index (χ4n) is 2.10. The molecule has 0 aromatic heterocycles. The van der Waals surface area contributed by atoms with E-state index in [0.29, 0.717) is 6.54 Å². The van der Waals surface area contributed by atoms with Gasteiger partial charge in [-0.3, -0.25) is 4.79 Å². The number of nitriles is 1. The fourth-order valence-corrected chi connectivity index (χ4v) is 2.10. The van der Waals surface area contributed by atoms with Crippen LogP contribution in [-0.2, 0) is 11.3 Å². The second-order valence-corrected chi connectivity index (χ2v) is 6.18. The lowest BCUT2D eigenvalue weighted by atomic mass is 9.90. The number of benzene rings is 1. The maximum absolute atomic E-state index is 12.1. The van der Waals surface area contributed by atoms with Gasteiger partial charge in [0.25, 0.3) is 5.91 Å². The Bertz CT molecular complexity index is 551. The number of ether oxygens (including phenoxy) is 1. The molecule has 0 aliphatic carbocycles. The van der Waals surface area contributed by atoms with Crippen molar-refractivity contribution in [1.82, 2.24) is 5.32 Å². The van der Waals surface area contributed by atoms with Gasteiger partial charge in [0.1, 0.15) is 17.8 Å². The molecule has 0 radical (unpaired) electrons. The van der Waals surface area contributed by atoms with E-state index in [0.717, 1.165) is 22.8 Å². The molecule has 5 nitrogen and oxygen atoms in total. The first-order chi connectivity index (χ1) is 10.3. The molecule has 0 aliphatic heterocycles. The van der Waals surface area contributed by atoms with Crippen LogP contribution in [0.5, 0.6) is 5.75 Å². The minimum absolute atomic E-state index is 0.0557. The molecule has 0 spiro atoms. The molecule has 1 unspecified atom stereocenters. The van der Waals surface area contributed by atoms with E-state index in [9.17, 15) is 10.1 Å². The smallest absolute Gasteiger partial charge is 0.276 e. The highest BCUT2D eigenvalue weighted by atomic mass is 16.5. The molecule has 1 aromatic carbocycles. The molecule has 0 heterocycles. The molecule has 1 amide bonds. The van der Waals surface area contributed by atoms with Gasteiger partial charge in [0.05, 0.1) is 20.2 Å². The number of quaternary nitrogens is 1. The Kier molecular flexibility index (Phi) is 6.39. The van der Waals surface area contributed by atoms with Crippen LogP contribution in [0.1, 0.15) is 26.3 Å². The zero-order valence-electron chi connectivity index (χ0n) is 14.1. The van der Waals surface area contributed by atoms with E-state index in [1.165, 1.54) is 0 Å². The Morgan fingerprint density at radius 1 is 1.50 bits per heavy atom. The van der Waals surface area contributed by atoms with Gasteiger partial charge in [-0.1, -0.05) is 26.0 Å². The monoisotopic (exact) mass is 304 g/mol. The third-order valence-electron chi connectivity index (χ3n) is 3.89. The van der Waals surface area contributed by atoms with Crippen LogP contribution >= 0.6 is 0 Å². The Labute approximate surface area is 132 Å². The molecule has 2 N–H and O–H groups in total. The minimum Gasteiger partial charge on any atom is -0.497 e. The van der Waals surface area contributed by atoms with E-state index < -0.39 is 5.54 Å². The lowest BCUT2D eigenvalue weighted by Crippen LogP contribution is -3.09. The summed E-state index contributed by atoms with van der Waals surface area (Å²) >= 11 is 0. The molecule has 5 heteroatoms. The van der Waals surface area contributed by atoms with E-state index in [-0.39, 0.29) is 11.8 Å². The Morgan fingerprint density at radius 2 is 2.18 bits per heavy atom. The summed E-state index contributed by atoms with van der Waals surface area (Å²) in [5.41, 5.74) is 0.282. The number of hydrogen-bond acceptors (Lipinski definition) is 3. The fraction of sp³-hybridized carbons (Fsp3) is 0.529. The second-order valence-electron chi connectivity index (χ2n) is 6.18. The van der Waals surface area contributed by atoms with Crippen LogP contribution in [0.15, 0.2) is 24.3 Å². The Morgan fingerprint density at radius 3 is 2.73 bits per heavy atom. The number of likely N-dealkylation sites (N-methyl/N-ethyl adjacent to an activating group) is 1. The van der Waals surface area contributed by atoms with Crippen molar-refractivity contribution in [1.29, 1.82) is 5.26 Å². The number of nitrogens with zero attached hydrogens (tertiary/aromatic N) is 1. The van der Waals surface area contributed by atoms with Gasteiger partial charge in [0.15, 0.2) is 6.54 Å². The summed E-state index contributed by atoms with van der Waals surface area (Å²) in [5.74, 6) is 0.755. The molecule has 1 aromatic rings. The topological polar surface area (TPSA) is 66.6 Å². The van der Waals surface area contributed by atoms with Crippen LogP contribution in [0.3, 0.4) is 0 Å². The average molecular weight is 304 g/mol. The minimum atomic E-state index is -0.826. The second kappa shape index (κ2) is 7.81. The highest BCUT2D eigenvalue weighted by Crippen LogP contribution is 2.14. The molecule has 22 heavy (non-hydrogen) atoms. The van der Waals surface area contributed by atoms with Crippen LogP contribution in [-0.4, -0.2) is 32.1 Å². The highest BCUT2D eigenvalue weighted by Gasteiger charge is 2.30. The quantitative estimate of drug-likeness (QED) is 0.782. The highest BCUT2D eigenvalue weighted by molar-refractivity contribution is 5.78. The molecular weight excluding hydrogens is 278 g/mol. The molecule has 0 aliphatic rings. The van der Waals surface area contributed by atoms with E-state index in [1.54, 1.807) is 14.0 Å². The van der Waals surface area contributed by atoms with Crippen molar-refractivity contribution in [3.05, 3.63) is 29.8 Å². The Hall–Kier alpha value is -2.06. The summed E-state index contributed by atoms with van der Waals surface area (Å²) in [6.07, 6.45) is 0. The van der Waals surface area contributed by atoms with E-state index >= 15 is 0 Å². The predicted octanol–water partition coefficient (Wildman–Crippen LogP) is 0.764. The third kappa shape index (κ3) is 5.05. The summed E-state index contributed by atoms with van der Waals surface area (Å²) < 4.78 is 5.20.